The van der Waals surface area contributed by atoms with Crippen molar-refractivity contribution in [2.24, 2.45) is 11.8 Å². The molecule has 1 rings (SSSR count). The molecule has 3 nitrogen and oxygen atoms in total. The van der Waals surface area contributed by atoms with Gasteiger partial charge in [-0.1, -0.05) is 20.8 Å². The Morgan fingerprint density at radius 3 is 2.35 bits per heavy atom. The number of likely N-dealkylation sites (tertiary alicyclic amines) is 1. The van der Waals surface area contributed by atoms with Gasteiger partial charge in [0, 0.05) is 19.1 Å². The van der Waals surface area contributed by atoms with E-state index in [1.54, 1.807) is 0 Å². The molecular formula is C14H27N3. The zero-order valence-corrected chi connectivity index (χ0v) is 12.0. The fourth-order valence-electron chi connectivity index (χ4n) is 2.80. The number of hydrogen-bond donors (Lipinski definition) is 1. The first-order valence-corrected chi connectivity index (χ1v) is 6.82. The van der Waals surface area contributed by atoms with Crippen molar-refractivity contribution in [3.63, 3.8) is 0 Å². The molecule has 1 aliphatic rings. The Kier molecular flexibility index (Phi) is 4.97. The van der Waals surface area contributed by atoms with Crippen molar-refractivity contribution < 1.29 is 0 Å². The van der Waals surface area contributed by atoms with Gasteiger partial charge in [0.1, 0.15) is 5.54 Å². The van der Waals surface area contributed by atoms with Crippen LogP contribution in [0.2, 0.25) is 0 Å². The number of nitrogens with zero attached hydrogens (tertiary/aromatic N) is 2. The standard InChI is InChI=1S/C14H27N3/c1-6-16-14(5,10-15)7-13(4)17-8-11(2)12(3)9-17/h11-13,16H,6-9H2,1-5H3. The van der Waals surface area contributed by atoms with Gasteiger partial charge < -0.3 is 4.90 Å². The summed E-state index contributed by atoms with van der Waals surface area (Å²) in [6.45, 7) is 14.2. The normalized spacial score (nSPS) is 30.8. The Hall–Kier alpha value is -0.590. The van der Waals surface area contributed by atoms with E-state index in [1.807, 2.05) is 6.92 Å². The summed E-state index contributed by atoms with van der Waals surface area (Å²) in [7, 11) is 0. The zero-order chi connectivity index (χ0) is 13.1. The first kappa shape index (κ1) is 14.5. The second-order valence-electron chi connectivity index (χ2n) is 5.94. The van der Waals surface area contributed by atoms with Crippen molar-refractivity contribution in [3.05, 3.63) is 0 Å². The molecule has 1 fully saturated rings. The van der Waals surface area contributed by atoms with E-state index < -0.39 is 0 Å². The van der Waals surface area contributed by atoms with Gasteiger partial charge >= 0.3 is 0 Å². The highest BCUT2D eigenvalue weighted by atomic mass is 15.2. The maximum atomic E-state index is 9.28. The van der Waals surface area contributed by atoms with E-state index in [9.17, 15) is 5.26 Å². The van der Waals surface area contributed by atoms with Gasteiger partial charge in [0.05, 0.1) is 6.07 Å². The lowest BCUT2D eigenvalue weighted by atomic mass is 9.94. The van der Waals surface area contributed by atoms with Crippen molar-refractivity contribution in [1.82, 2.24) is 10.2 Å². The van der Waals surface area contributed by atoms with Gasteiger partial charge in [-0.25, -0.2) is 0 Å². The minimum Gasteiger partial charge on any atom is -0.300 e. The third-order valence-corrected chi connectivity index (χ3v) is 4.16. The molecule has 1 heterocycles. The predicted molar refractivity (Wildman–Crippen MR) is 71.7 cm³/mol. The number of hydrogen-bond acceptors (Lipinski definition) is 3. The molecule has 0 aromatic rings. The molecule has 0 bridgehead atoms. The monoisotopic (exact) mass is 237 g/mol. The fraction of sp³-hybridized carbons (Fsp3) is 0.929. The quantitative estimate of drug-likeness (QED) is 0.797. The SMILES string of the molecule is CCNC(C)(C#N)CC(C)N1CC(C)C(C)C1. The molecule has 4 atom stereocenters. The molecule has 17 heavy (non-hydrogen) atoms. The molecule has 1 aliphatic heterocycles. The topological polar surface area (TPSA) is 39.1 Å². The van der Waals surface area contributed by atoms with Crippen molar-refractivity contribution in [2.75, 3.05) is 19.6 Å². The summed E-state index contributed by atoms with van der Waals surface area (Å²) < 4.78 is 0. The molecular weight excluding hydrogens is 210 g/mol. The van der Waals surface area contributed by atoms with Crippen LogP contribution in [0, 0.1) is 23.2 Å². The van der Waals surface area contributed by atoms with Gasteiger partial charge in [0.25, 0.3) is 0 Å². The molecule has 0 aromatic heterocycles. The van der Waals surface area contributed by atoms with Crippen LogP contribution >= 0.6 is 0 Å². The third-order valence-electron chi connectivity index (χ3n) is 4.16. The molecule has 0 aromatic carbocycles. The fourth-order valence-corrected chi connectivity index (χ4v) is 2.80. The molecule has 0 aliphatic carbocycles. The molecule has 0 radical (unpaired) electrons. The van der Waals surface area contributed by atoms with Crippen molar-refractivity contribution >= 4 is 0 Å². The molecule has 0 spiro atoms. The summed E-state index contributed by atoms with van der Waals surface area (Å²) in [6, 6.07) is 2.90. The summed E-state index contributed by atoms with van der Waals surface area (Å²) in [5.74, 6) is 1.56. The Morgan fingerprint density at radius 2 is 1.94 bits per heavy atom. The molecule has 0 saturated carbocycles. The van der Waals surface area contributed by atoms with Gasteiger partial charge in [-0.3, -0.25) is 5.32 Å². The van der Waals surface area contributed by atoms with Gasteiger partial charge in [0.15, 0.2) is 0 Å². The van der Waals surface area contributed by atoms with E-state index in [-0.39, 0.29) is 5.54 Å². The molecule has 0 amide bonds. The van der Waals surface area contributed by atoms with Crippen LogP contribution in [0.15, 0.2) is 0 Å². The van der Waals surface area contributed by atoms with Crippen molar-refractivity contribution in [2.45, 2.75) is 52.6 Å². The van der Waals surface area contributed by atoms with Crippen LogP contribution in [0.25, 0.3) is 0 Å². The summed E-state index contributed by atoms with van der Waals surface area (Å²) >= 11 is 0. The third kappa shape index (κ3) is 3.69. The molecule has 3 heteroatoms. The predicted octanol–water partition coefficient (Wildman–Crippen LogP) is 2.24. The number of rotatable bonds is 5. The molecule has 98 valence electrons. The van der Waals surface area contributed by atoms with Crippen molar-refractivity contribution in [1.29, 1.82) is 5.26 Å². The second kappa shape index (κ2) is 5.84. The highest BCUT2D eigenvalue weighted by molar-refractivity contribution is 5.05. The minimum atomic E-state index is -0.386. The Bertz CT molecular complexity index is 274. The molecule has 4 unspecified atom stereocenters. The van der Waals surface area contributed by atoms with Gasteiger partial charge in [-0.05, 0) is 38.6 Å². The van der Waals surface area contributed by atoms with Gasteiger partial charge in [-0.15, -0.1) is 0 Å². The highest BCUT2D eigenvalue weighted by Crippen LogP contribution is 2.26. The van der Waals surface area contributed by atoms with Crippen molar-refractivity contribution in [3.8, 4) is 6.07 Å². The van der Waals surface area contributed by atoms with Crippen LogP contribution < -0.4 is 5.32 Å². The van der Waals surface area contributed by atoms with E-state index in [0.29, 0.717) is 6.04 Å². The lowest BCUT2D eigenvalue weighted by Crippen LogP contribution is -2.46. The number of nitrogens with one attached hydrogen (secondary N) is 1. The van der Waals surface area contributed by atoms with E-state index >= 15 is 0 Å². The molecule has 1 N–H and O–H groups in total. The Morgan fingerprint density at radius 1 is 1.41 bits per heavy atom. The van der Waals surface area contributed by atoms with E-state index in [1.165, 1.54) is 13.1 Å². The smallest absolute Gasteiger partial charge is 0.105 e. The summed E-state index contributed by atoms with van der Waals surface area (Å²) in [5, 5.41) is 12.6. The molecule has 1 saturated heterocycles. The maximum Gasteiger partial charge on any atom is 0.105 e. The summed E-state index contributed by atoms with van der Waals surface area (Å²) in [6.07, 6.45) is 0.900. The van der Waals surface area contributed by atoms with E-state index in [4.69, 9.17) is 0 Å². The maximum absolute atomic E-state index is 9.28. The van der Waals surface area contributed by atoms with Gasteiger partial charge in [0.2, 0.25) is 0 Å². The van der Waals surface area contributed by atoms with Crippen LogP contribution in [0.4, 0.5) is 0 Å². The largest absolute Gasteiger partial charge is 0.300 e. The summed E-state index contributed by atoms with van der Waals surface area (Å²) in [4.78, 5) is 2.53. The lowest BCUT2D eigenvalue weighted by Gasteiger charge is -2.31. The van der Waals surface area contributed by atoms with E-state index in [0.717, 1.165) is 24.8 Å². The van der Waals surface area contributed by atoms with Crippen LogP contribution in [-0.4, -0.2) is 36.1 Å². The second-order valence-corrected chi connectivity index (χ2v) is 5.94. The average molecular weight is 237 g/mol. The first-order valence-electron chi connectivity index (χ1n) is 6.82. The zero-order valence-electron chi connectivity index (χ0n) is 12.0. The first-order chi connectivity index (χ1) is 7.91. The lowest BCUT2D eigenvalue weighted by molar-refractivity contribution is 0.206. The average Bonchev–Trinajstić information content (AvgIpc) is 2.60. The van der Waals surface area contributed by atoms with Crippen LogP contribution in [0.5, 0.6) is 0 Å². The highest BCUT2D eigenvalue weighted by Gasteiger charge is 2.33. The minimum absolute atomic E-state index is 0.386. The van der Waals surface area contributed by atoms with Crippen LogP contribution in [0.3, 0.4) is 0 Å². The Labute approximate surface area is 106 Å². The van der Waals surface area contributed by atoms with Crippen LogP contribution in [0.1, 0.15) is 41.0 Å². The number of nitriles is 1. The van der Waals surface area contributed by atoms with Gasteiger partial charge in [-0.2, -0.15) is 5.26 Å². The van der Waals surface area contributed by atoms with E-state index in [2.05, 4.69) is 44.0 Å². The van der Waals surface area contributed by atoms with Crippen LogP contribution in [-0.2, 0) is 0 Å². The summed E-state index contributed by atoms with van der Waals surface area (Å²) in [5.41, 5.74) is -0.386. The Balaban J connectivity index is 2.54.